The molecule has 1 aliphatic rings. The molecule has 1 aliphatic heterocycles. The summed E-state index contributed by atoms with van der Waals surface area (Å²) in [5.74, 6) is 1.72. The second kappa shape index (κ2) is 4.11. The zero-order valence-electron chi connectivity index (χ0n) is 7.86. The maximum atomic E-state index is 5.50. The van der Waals surface area contributed by atoms with E-state index in [1.54, 1.807) is 0 Å². The molecule has 1 heterocycles. The number of ether oxygens (including phenoxy) is 1. The van der Waals surface area contributed by atoms with Crippen LogP contribution >= 0.6 is 0 Å². The lowest BCUT2D eigenvalue weighted by molar-refractivity contribution is 0.372. The van der Waals surface area contributed by atoms with E-state index < -0.39 is 0 Å². The molecule has 0 amide bonds. The molecular formula is C10H13N3O. The number of anilines is 1. The summed E-state index contributed by atoms with van der Waals surface area (Å²) in [6.45, 7) is 1.69. The van der Waals surface area contributed by atoms with Crippen molar-refractivity contribution in [1.82, 2.24) is 0 Å². The van der Waals surface area contributed by atoms with Crippen LogP contribution in [0.4, 0.5) is 5.69 Å². The first-order valence-electron chi connectivity index (χ1n) is 4.62. The van der Waals surface area contributed by atoms with E-state index in [1.807, 2.05) is 24.3 Å². The normalized spacial score (nSPS) is 17.1. The largest absolute Gasteiger partial charge is 0.484 e. The van der Waals surface area contributed by atoms with Crippen molar-refractivity contribution in [3.63, 3.8) is 0 Å². The van der Waals surface area contributed by atoms with Crippen LogP contribution in [-0.2, 0) is 0 Å². The van der Waals surface area contributed by atoms with E-state index in [0.717, 1.165) is 17.3 Å². The first-order chi connectivity index (χ1) is 6.90. The number of rotatable bonds is 2. The molecule has 0 unspecified atom stereocenters. The highest BCUT2D eigenvalue weighted by Gasteiger charge is 2.12. The minimum absolute atomic E-state index is 0.497. The summed E-state index contributed by atoms with van der Waals surface area (Å²) in [4.78, 5) is 4.26. The number of para-hydroxylation sites is 2. The van der Waals surface area contributed by atoms with Crippen LogP contribution in [0.1, 0.15) is 0 Å². The Hall–Kier alpha value is -1.55. The summed E-state index contributed by atoms with van der Waals surface area (Å²) in [5.41, 5.74) is 6.33. The van der Waals surface area contributed by atoms with Gasteiger partial charge in [0.05, 0.1) is 12.2 Å². The summed E-state index contributed by atoms with van der Waals surface area (Å²) >= 11 is 0. The molecule has 0 aromatic heterocycles. The summed E-state index contributed by atoms with van der Waals surface area (Å²) in [6, 6.07) is 7.80. The number of fused-ring (bicyclic) bond motifs is 1. The van der Waals surface area contributed by atoms with Crippen LogP contribution in [0.25, 0.3) is 0 Å². The van der Waals surface area contributed by atoms with Gasteiger partial charge in [-0.05, 0) is 12.1 Å². The number of nitrogens with zero attached hydrogens (tertiary/aromatic N) is 1. The van der Waals surface area contributed by atoms with Gasteiger partial charge in [0.2, 0.25) is 0 Å². The standard InChI is InChI=1S/C10H13N3O/c11-5-6-12-10-7-14-9-4-2-1-3-8(9)13-10/h1-4H,5-7,11H2,(H,12,13). The highest BCUT2D eigenvalue weighted by molar-refractivity contribution is 5.99. The van der Waals surface area contributed by atoms with E-state index in [9.17, 15) is 0 Å². The topological polar surface area (TPSA) is 59.6 Å². The van der Waals surface area contributed by atoms with Gasteiger partial charge in [-0.25, -0.2) is 0 Å². The molecule has 4 heteroatoms. The summed E-state index contributed by atoms with van der Waals surface area (Å²) in [6.07, 6.45) is 0. The number of amidine groups is 1. The number of nitrogens with two attached hydrogens (primary N) is 1. The third kappa shape index (κ3) is 1.85. The molecule has 4 nitrogen and oxygen atoms in total. The molecule has 0 spiro atoms. The first-order valence-corrected chi connectivity index (χ1v) is 4.62. The van der Waals surface area contributed by atoms with Crippen molar-refractivity contribution in [2.45, 2.75) is 0 Å². The summed E-state index contributed by atoms with van der Waals surface area (Å²) < 4.78 is 5.50. The Morgan fingerprint density at radius 3 is 3.14 bits per heavy atom. The van der Waals surface area contributed by atoms with Crippen molar-refractivity contribution in [2.75, 3.05) is 25.0 Å². The Bertz CT molecular complexity index is 349. The second-order valence-electron chi connectivity index (χ2n) is 3.03. The zero-order valence-corrected chi connectivity index (χ0v) is 7.86. The molecule has 1 aromatic rings. The van der Waals surface area contributed by atoms with Gasteiger partial charge in [0.1, 0.15) is 18.2 Å². The smallest absolute Gasteiger partial charge is 0.146 e. The minimum Gasteiger partial charge on any atom is -0.484 e. The van der Waals surface area contributed by atoms with Crippen molar-refractivity contribution in [3.8, 4) is 5.75 Å². The average molecular weight is 191 g/mol. The van der Waals surface area contributed by atoms with Crippen molar-refractivity contribution >= 4 is 11.5 Å². The van der Waals surface area contributed by atoms with Crippen molar-refractivity contribution in [3.05, 3.63) is 24.3 Å². The van der Waals surface area contributed by atoms with Gasteiger partial charge in [-0.15, -0.1) is 0 Å². The zero-order chi connectivity index (χ0) is 9.80. The highest BCUT2D eigenvalue weighted by Crippen LogP contribution is 2.26. The lowest BCUT2D eigenvalue weighted by atomic mass is 10.2. The van der Waals surface area contributed by atoms with Crippen molar-refractivity contribution in [2.24, 2.45) is 10.7 Å². The highest BCUT2D eigenvalue weighted by atomic mass is 16.5. The number of hydrogen-bond donors (Lipinski definition) is 2. The summed E-state index contributed by atoms with van der Waals surface area (Å²) in [5, 5.41) is 3.20. The Morgan fingerprint density at radius 1 is 1.43 bits per heavy atom. The Morgan fingerprint density at radius 2 is 2.29 bits per heavy atom. The van der Waals surface area contributed by atoms with Gasteiger partial charge in [0.15, 0.2) is 0 Å². The minimum atomic E-state index is 0.497. The molecule has 0 atom stereocenters. The number of hydrogen-bond acceptors (Lipinski definition) is 3. The maximum Gasteiger partial charge on any atom is 0.146 e. The second-order valence-corrected chi connectivity index (χ2v) is 3.03. The van der Waals surface area contributed by atoms with Crippen LogP contribution < -0.4 is 15.8 Å². The van der Waals surface area contributed by atoms with E-state index in [1.165, 1.54) is 0 Å². The van der Waals surface area contributed by atoms with Gasteiger partial charge in [0.25, 0.3) is 0 Å². The molecule has 1 aromatic carbocycles. The van der Waals surface area contributed by atoms with E-state index >= 15 is 0 Å². The fourth-order valence-corrected chi connectivity index (χ4v) is 1.32. The predicted octanol–water partition coefficient (Wildman–Crippen LogP) is 0.848. The SMILES string of the molecule is NCCN=C1COc2ccccc2N1. The Labute approximate surface area is 82.8 Å². The molecule has 2 rings (SSSR count). The summed E-state index contributed by atoms with van der Waals surface area (Å²) in [7, 11) is 0. The van der Waals surface area contributed by atoms with Gasteiger partial charge in [-0.2, -0.15) is 0 Å². The Balaban J connectivity index is 2.13. The van der Waals surface area contributed by atoms with Gasteiger partial charge < -0.3 is 15.8 Å². The van der Waals surface area contributed by atoms with Gasteiger partial charge in [-0.3, -0.25) is 4.99 Å². The monoisotopic (exact) mass is 191 g/mol. The lowest BCUT2D eigenvalue weighted by Gasteiger charge is -2.20. The first kappa shape index (κ1) is 9.02. The molecule has 0 saturated carbocycles. The Kier molecular flexibility index (Phi) is 2.65. The number of benzene rings is 1. The van der Waals surface area contributed by atoms with Crippen LogP contribution in [0.3, 0.4) is 0 Å². The van der Waals surface area contributed by atoms with Crippen molar-refractivity contribution in [1.29, 1.82) is 0 Å². The lowest BCUT2D eigenvalue weighted by Crippen LogP contribution is -2.26. The van der Waals surface area contributed by atoms with E-state index in [4.69, 9.17) is 10.5 Å². The van der Waals surface area contributed by atoms with Crippen LogP contribution in [-0.4, -0.2) is 25.5 Å². The third-order valence-electron chi connectivity index (χ3n) is 1.96. The predicted molar refractivity (Wildman–Crippen MR) is 56.9 cm³/mol. The van der Waals surface area contributed by atoms with Gasteiger partial charge in [-0.1, -0.05) is 12.1 Å². The van der Waals surface area contributed by atoms with Crippen LogP contribution in [0.15, 0.2) is 29.3 Å². The molecule has 3 N–H and O–H groups in total. The quantitative estimate of drug-likeness (QED) is 0.728. The molecule has 14 heavy (non-hydrogen) atoms. The van der Waals surface area contributed by atoms with Crippen LogP contribution in [0, 0.1) is 0 Å². The fraction of sp³-hybridized carbons (Fsp3) is 0.300. The van der Waals surface area contributed by atoms with Gasteiger partial charge >= 0.3 is 0 Å². The molecule has 0 radical (unpaired) electrons. The van der Waals surface area contributed by atoms with E-state index in [2.05, 4.69) is 10.3 Å². The third-order valence-corrected chi connectivity index (χ3v) is 1.96. The molecule has 0 saturated heterocycles. The van der Waals surface area contributed by atoms with E-state index in [0.29, 0.717) is 19.7 Å². The molecule has 0 aliphatic carbocycles. The maximum absolute atomic E-state index is 5.50. The number of aliphatic imine (C=N–C) groups is 1. The molecule has 74 valence electrons. The molecule has 0 bridgehead atoms. The molecular weight excluding hydrogens is 178 g/mol. The van der Waals surface area contributed by atoms with Crippen molar-refractivity contribution < 1.29 is 4.74 Å². The fourth-order valence-electron chi connectivity index (χ4n) is 1.32. The van der Waals surface area contributed by atoms with Crippen LogP contribution in [0.5, 0.6) is 5.75 Å². The average Bonchev–Trinajstić information content (AvgIpc) is 2.26. The van der Waals surface area contributed by atoms with Gasteiger partial charge in [0, 0.05) is 6.54 Å². The molecule has 0 fully saturated rings. The number of nitrogens with one attached hydrogen (secondary N) is 1. The van der Waals surface area contributed by atoms with E-state index in [-0.39, 0.29) is 0 Å². The van der Waals surface area contributed by atoms with Crippen LogP contribution in [0.2, 0.25) is 0 Å².